The van der Waals surface area contributed by atoms with Crippen LogP contribution >= 0.6 is 11.8 Å². The predicted molar refractivity (Wildman–Crippen MR) is 119 cm³/mol. The Kier molecular flexibility index (Phi) is 7.28. The van der Waals surface area contributed by atoms with E-state index in [0.717, 1.165) is 37.0 Å². The number of ether oxygens (including phenoxy) is 1. The first-order chi connectivity index (χ1) is 14.7. The number of carbonyl (C=O) groups excluding carboxylic acids is 1. The van der Waals surface area contributed by atoms with Crippen molar-refractivity contribution in [2.75, 3.05) is 31.2 Å². The molecule has 1 aromatic heterocycles. The van der Waals surface area contributed by atoms with Crippen molar-refractivity contribution >= 4 is 23.6 Å². The number of nitrogens with one attached hydrogen (secondary N) is 1. The van der Waals surface area contributed by atoms with Gasteiger partial charge in [0.2, 0.25) is 11.9 Å². The molecule has 2 aliphatic rings. The Labute approximate surface area is 182 Å². The van der Waals surface area contributed by atoms with Crippen LogP contribution in [-0.4, -0.2) is 58.3 Å². The molecule has 1 aliphatic carbocycles. The van der Waals surface area contributed by atoms with Crippen molar-refractivity contribution in [2.45, 2.75) is 62.0 Å². The number of morpholine rings is 1. The number of aromatic nitrogens is 3. The van der Waals surface area contributed by atoms with Gasteiger partial charge < -0.3 is 15.0 Å². The zero-order valence-corrected chi connectivity index (χ0v) is 18.4. The minimum absolute atomic E-state index is 0.0917. The van der Waals surface area contributed by atoms with E-state index in [4.69, 9.17) is 4.74 Å². The largest absolute Gasteiger partial charge is 0.378 e. The number of hydrogen-bond donors (Lipinski definition) is 1. The van der Waals surface area contributed by atoms with Crippen molar-refractivity contribution in [3.63, 3.8) is 0 Å². The number of thioether (sulfide) groups is 1. The molecule has 162 valence electrons. The summed E-state index contributed by atoms with van der Waals surface area (Å²) in [5, 5.41) is 12.8. The summed E-state index contributed by atoms with van der Waals surface area (Å²) in [5.41, 5.74) is 1.19. The van der Waals surface area contributed by atoms with Gasteiger partial charge in [-0.1, -0.05) is 61.4 Å². The highest BCUT2D eigenvalue weighted by Gasteiger charge is 2.25. The average molecular weight is 430 g/mol. The number of benzene rings is 1. The summed E-state index contributed by atoms with van der Waals surface area (Å²) >= 11 is 1.49. The number of rotatable bonds is 7. The van der Waals surface area contributed by atoms with E-state index in [1.807, 2.05) is 25.1 Å². The maximum absolute atomic E-state index is 12.8. The van der Waals surface area contributed by atoms with Crippen molar-refractivity contribution in [1.82, 2.24) is 20.1 Å². The van der Waals surface area contributed by atoms with Crippen molar-refractivity contribution in [3.05, 3.63) is 35.9 Å². The molecule has 0 spiro atoms. The Morgan fingerprint density at radius 3 is 2.63 bits per heavy atom. The summed E-state index contributed by atoms with van der Waals surface area (Å²) in [7, 11) is 0. The third kappa shape index (κ3) is 5.35. The Balaban J connectivity index is 1.49. The summed E-state index contributed by atoms with van der Waals surface area (Å²) in [6, 6.07) is 10.6. The summed E-state index contributed by atoms with van der Waals surface area (Å²) in [6.07, 6.45) is 5.88. The zero-order chi connectivity index (χ0) is 20.8. The lowest BCUT2D eigenvalue weighted by molar-refractivity contribution is -0.121. The molecule has 1 N–H and O–H groups in total. The smallest absolute Gasteiger partial charge is 0.233 e. The standard InChI is InChI=1S/C22H31N5O2S/c1-17(20(28)23-19-10-6-3-7-11-19)30-22-25-24-21(26-12-14-29-15-13-26)27(22)16-18-8-4-2-5-9-18/h2,4-5,8-9,17,19H,3,6-7,10-16H2,1H3,(H,23,28)/t17-/m0/s1. The van der Waals surface area contributed by atoms with Gasteiger partial charge in [0.1, 0.15) is 0 Å². The van der Waals surface area contributed by atoms with E-state index in [-0.39, 0.29) is 11.2 Å². The Morgan fingerprint density at radius 2 is 1.90 bits per heavy atom. The van der Waals surface area contributed by atoms with Gasteiger partial charge in [0.05, 0.1) is 25.0 Å². The van der Waals surface area contributed by atoms with Crippen LogP contribution in [0.5, 0.6) is 0 Å². The Bertz CT molecular complexity index is 816. The molecule has 8 heteroatoms. The predicted octanol–water partition coefficient (Wildman–Crippen LogP) is 3.09. The van der Waals surface area contributed by atoms with Crippen molar-refractivity contribution in [2.24, 2.45) is 0 Å². The van der Waals surface area contributed by atoms with E-state index in [0.29, 0.717) is 25.8 Å². The van der Waals surface area contributed by atoms with Crippen LogP contribution in [0.2, 0.25) is 0 Å². The van der Waals surface area contributed by atoms with Crippen LogP contribution in [0.4, 0.5) is 5.95 Å². The molecular weight excluding hydrogens is 398 g/mol. The summed E-state index contributed by atoms with van der Waals surface area (Å²) in [4.78, 5) is 15.0. The third-order valence-electron chi connectivity index (χ3n) is 5.78. The molecule has 1 saturated heterocycles. The molecule has 1 aromatic carbocycles. The highest BCUT2D eigenvalue weighted by atomic mass is 32.2. The summed E-state index contributed by atoms with van der Waals surface area (Å²) in [5.74, 6) is 0.943. The Morgan fingerprint density at radius 1 is 1.17 bits per heavy atom. The van der Waals surface area contributed by atoms with Gasteiger partial charge in [-0.25, -0.2) is 0 Å². The fourth-order valence-electron chi connectivity index (χ4n) is 4.05. The van der Waals surface area contributed by atoms with Gasteiger partial charge in [-0.05, 0) is 25.3 Å². The van der Waals surface area contributed by atoms with Crippen LogP contribution in [0.15, 0.2) is 35.5 Å². The molecule has 4 rings (SSSR count). The lowest BCUT2D eigenvalue weighted by atomic mass is 9.95. The van der Waals surface area contributed by atoms with E-state index in [1.54, 1.807) is 0 Å². The van der Waals surface area contributed by atoms with Crippen LogP contribution < -0.4 is 10.2 Å². The number of amides is 1. The van der Waals surface area contributed by atoms with Crippen LogP contribution in [0.1, 0.15) is 44.6 Å². The molecular formula is C22H31N5O2S. The topological polar surface area (TPSA) is 72.3 Å². The fraction of sp³-hybridized carbons (Fsp3) is 0.591. The van der Waals surface area contributed by atoms with Crippen LogP contribution in [0, 0.1) is 0 Å². The molecule has 2 aromatic rings. The minimum atomic E-state index is -0.219. The van der Waals surface area contributed by atoms with Crippen LogP contribution in [0.25, 0.3) is 0 Å². The lowest BCUT2D eigenvalue weighted by Crippen LogP contribution is -2.40. The van der Waals surface area contributed by atoms with Crippen LogP contribution in [0.3, 0.4) is 0 Å². The average Bonchev–Trinajstić information content (AvgIpc) is 3.17. The second-order valence-electron chi connectivity index (χ2n) is 8.06. The number of carbonyl (C=O) groups is 1. The lowest BCUT2D eigenvalue weighted by Gasteiger charge is -2.28. The van der Waals surface area contributed by atoms with Gasteiger partial charge in [0.25, 0.3) is 0 Å². The normalized spacial score (nSPS) is 18.9. The molecule has 0 bridgehead atoms. The van der Waals surface area contributed by atoms with E-state index in [2.05, 4.69) is 37.1 Å². The molecule has 7 nitrogen and oxygen atoms in total. The van der Waals surface area contributed by atoms with Gasteiger partial charge in [-0.2, -0.15) is 0 Å². The van der Waals surface area contributed by atoms with Gasteiger partial charge >= 0.3 is 0 Å². The van der Waals surface area contributed by atoms with Gasteiger partial charge in [0.15, 0.2) is 5.16 Å². The van der Waals surface area contributed by atoms with Crippen LogP contribution in [-0.2, 0) is 16.1 Å². The van der Waals surface area contributed by atoms with E-state index in [9.17, 15) is 4.79 Å². The zero-order valence-electron chi connectivity index (χ0n) is 17.6. The van der Waals surface area contributed by atoms with Crippen molar-refractivity contribution in [1.29, 1.82) is 0 Å². The first-order valence-corrected chi connectivity index (χ1v) is 11.9. The highest BCUT2D eigenvalue weighted by Crippen LogP contribution is 2.28. The van der Waals surface area contributed by atoms with E-state index < -0.39 is 0 Å². The minimum Gasteiger partial charge on any atom is -0.378 e. The molecule has 2 heterocycles. The number of hydrogen-bond acceptors (Lipinski definition) is 6. The molecule has 0 unspecified atom stereocenters. The molecule has 1 atom stereocenters. The maximum Gasteiger partial charge on any atom is 0.233 e. The van der Waals surface area contributed by atoms with Gasteiger partial charge in [-0.3, -0.25) is 9.36 Å². The molecule has 1 amide bonds. The first-order valence-electron chi connectivity index (χ1n) is 11.0. The van der Waals surface area contributed by atoms with E-state index in [1.165, 1.54) is 36.6 Å². The third-order valence-corrected chi connectivity index (χ3v) is 6.86. The number of anilines is 1. The van der Waals surface area contributed by atoms with Gasteiger partial charge in [-0.15, -0.1) is 10.2 Å². The second kappa shape index (κ2) is 10.3. The molecule has 1 aliphatic heterocycles. The molecule has 1 saturated carbocycles. The van der Waals surface area contributed by atoms with E-state index >= 15 is 0 Å². The summed E-state index contributed by atoms with van der Waals surface area (Å²) < 4.78 is 7.63. The quantitative estimate of drug-likeness (QED) is 0.682. The van der Waals surface area contributed by atoms with Gasteiger partial charge in [0, 0.05) is 19.1 Å². The molecule has 30 heavy (non-hydrogen) atoms. The summed E-state index contributed by atoms with van der Waals surface area (Å²) in [6.45, 7) is 5.63. The molecule has 2 fully saturated rings. The Hall–Kier alpha value is -2.06. The molecule has 0 radical (unpaired) electrons. The highest BCUT2D eigenvalue weighted by molar-refractivity contribution is 8.00. The second-order valence-corrected chi connectivity index (χ2v) is 9.37. The monoisotopic (exact) mass is 429 g/mol. The fourth-order valence-corrected chi connectivity index (χ4v) is 4.90. The number of nitrogens with zero attached hydrogens (tertiary/aromatic N) is 4. The SMILES string of the molecule is C[C@H](Sc1nnc(N2CCOCC2)n1Cc1ccccc1)C(=O)NC1CCCCC1. The first kappa shape index (κ1) is 21.2. The van der Waals surface area contributed by atoms with Crippen molar-refractivity contribution in [3.8, 4) is 0 Å². The van der Waals surface area contributed by atoms with Crippen molar-refractivity contribution < 1.29 is 9.53 Å². The maximum atomic E-state index is 12.8.